The quantitative estimate of drug-likeness (QED) is 0.635. The molecule has 1 N–H and O–H groups in total. The summed E-state index contributed by atoms with van der Waals surface area (Å²) in [6, 6.07) is 5.89. The minimum Gasteiger partial charge on any atom is -0.497 e. The van der Waals surface area contributed by atoms with Gasteiger partial charge in [0.15, 0.2) is 0 Å². The third-order valence-electron chi connectivity index (χ3n) is 3.09. The van der Waals surface area contributed by atoms with Crippen molar-refractivity contribution in [3.8, 4) is 11.5 Å². The molecule has 0 aliphatic carbocycles. The largest absolute Gasteiger partial charge is 0.497 e. The Hall–Kier alpha value is -0.970. The molecule has 0 amide bonds. The molecule has 0 aliphatic rings. The molecule has 0 aromatic heterocycles. The van der Waals surface area contributed by atoms with Gasteiger partial charge in [0, 0.05) is 31.4 Å². The van der Waals surface area contributed by atoms with Crippen LogP contribution in [0.5, 0.6) is 11.5 Å². The van der Waals surface area contributed by atoms with E-state index in [1.165, 1.54) is 6.42 Å². The number of hydrogen-bond acceptors (Lipinski definition) is 4. The van der Waals surface area contributed by atoms with E-state index in [1.807, 2.05) is 18.2 Å². The van der Waals surface area contributed by atoms with E-state index < -0.39 is 0 Å². The van der Waals surface area contributed by atoms with Crippen LogP contribution in [0.15, 0.2) is 18.2 Å². The summed E-state index contributed by atoms with van der Waals surface area (Å²) in [4.78, 5) is 0. The van der Waals surface area contributed by atoms with Crippen molar-refractivity contribution in [1.29, 1.82) is 0 Å². The van der Waals surface area contributed by atoms with Gasteiger partial charge >= 0.3 is 0 Å². The zero-order chi connectivity index (χ0) is 14.6. The van der Waals surface area contributed by atoms with E-state index in [-0.39, 0.29) is 12.4 Å². The molecule has 0 bridgehead atoms. The molecule has 4 nitrogen and oxygen atoms in total. The van der Waals surface area contributed by atoms with Gasteiger partial charge in [0.1, 0.15) is 11.5 Å². The van der Waals surface area contributed by atoms with Crippen LogP contribution >= 0.6 is 12.4 Å². The lowest BCUT2D eigenvalue weighted by Crippen LogP contribution is -2.17. The van der Waals surface area contributed by atoms with Crippen molar-refractivity contribution in [2.24, 2.45) is 0 Å². The first kappa shape index (κ1) is 20.0. The lowest BCUT2D eigenvalue weighted by atomic mass is 10.2. The molecule has 0 spiro atoms. The molecular weight excluding hydrogens is 290 g/mol. The minimum absolute atomic E-state index is 0. The highest BCUT2D eigenvalue weighted by molar-refractivity contribution is 5.85. The van der Waals surface area contributed by atoms with E-state index in [9.17, 15) is 0 Å². The standard InChI is InChI=1S/C16H27NO3.ClH/c1-4-5-10-20-11-6-9-17-13-14-7-8-15(18-2)12-16(14)19-3;/h7-8,12,17H,4-6,9-11,13H2,1-3H3;1H. The summed E-state index contributed by atoms with van der Waals surface area (Å²) in [7, 11) is 3.34. The Labute approximate surface area is 134 Å². The summed E-state index contributed by atoms with van der Waals surface area (Å²) in [6.07, 6.45) is 3.37. The molecule has 0 fully saturated rings. The third-order valence-corrected chi connectivity index (χ3v) is 3.09. The highest BCUT2D eigenvalue weighted by Gasteiger charge is 2.04. The number of unbranched alkanes of at least 4 members (excludes halogenated alkanes) is 1. The van der Waals surface area contributed by atoms with Gasteiger partial charge < -0.3 is 19.5 Å². The maximum absolute atomic E-state index is 5.52. The zero-order valence-corrected chi connectivity index (χ0v) is 14.1. The maximum atomic E-state index is 5.52. The van der Waals surface area contributed by atoms with Crippen LogP contribution in [0.3, 0.4) is 0 Å². The fourth-order valence-electron chi connectivity index (χ4n) is 1.87. The first-order chi connectivity index (χ1) is 9.81. The molecule has 0 unspecified atom stereocenters. The van der Waals surface area contributed by atoms with Gasteiger partial charge in [-0.05, 0) is 25.5 Å². The van der Waals surface area contributed by atoms with Crippen LogP contribution in [0.4, 0.5) is 0 Å². The van der Waals surface area contributed by atoms with E-state index in [1.54, 1.807) is 14.2 Å². The van der Waals surface area contributed by atoms with Crippen LogP contribution in [0.1, 0.15) is 31.7 Å². The number of ether oxygens (including phenoxy) is 3. The van der Waals surface area contributed by atoms with Crippen LogP contribution < -0.4 is 14.8 Å². The van der Waals surface area contributed by atoms with Crippen molar-refractivity contribution in [3.63, 3.8) is 0 Å². The Morgan fingerprint density at radius 1 is 1.05 bits per heavy atom. The lowest BCUT2D eigenvalue weighted by molar-refractivity contribution is 0.128. The zero-order valence-electron chi connectivity index (χ0n) is 13.3. The molecule has 1 rings (SSSR count). The minimum atomic E-state index is 0. The van der Waals surface area contributed by atoms with Gasteiger partial charge in [0.2, 0.25) is 0 Å². The number of methoxy groups -OCH3 is 2. The van der Waals surface area contributed by atoms with Crippen LogP contribution in [0.25, 0.3) is 0 Å². The Bertz CT molecular complexity index is 375. The summed E-state index contributed by atoms with van der Waals surface area (Å²) in [5, 5.41) is 3.40. The van der Waals surface area contributed by atoms with E-state index in [4.69, 9.17) is 14.2 Å². The van der Waals surface area contributed by atoms with Crippen LogP contribution in [-0.2, 0) is 11.3 Å². The molecule has 5 heteroatoms. The third kappa shape index (κ3) is 8.15. The van der Waals surface area contributed by atoms with Gasteiger partial charge in [-0.2, -0.15) is 0 Å². The van der Waals surface area contributed by atoms with Gasteiger partial charge in [-0.3, -0.25) is 0 Å². The second-order valence-electron chi connectivity index (χ2n) is 4.67. The predicted octanol–water partition coefficient (Wildman–Crippen LogP) is 3.42. The molecule has 0 aliphatic heterocycles. The smallest absolute Gasteiger partial charge is 0.127 e. The van der Waals surface area contributed by atoms with Gasteiger partial charge in [-0.1, -0.05) is 19.4 Å². The van der Waals surface area contributed by atoms with E-state index in [2.05, 4.69) is 12.2 Å². The summed E-state index contributed by atoms with van der Waals surface area (Å²) in [6.45, 7) is 5.62. The lowest BCUT2D eigenvalue weighted by Gasteiger charge is -2.11. The van der Waals surface area contributed by atoms with E-state index in [0.29, 0.717) is 0 Å². The average Bonchev–Trinajstić information content (AvgIpc) is 2.50. The Kier molecular flexibility index (Phi) is 12.2. The molecule has 0 saturated carbocycles. The van der Waals surface area contributed by atoms with Crippen LogP contribution in [0.2, 0.25) is 0 Å². The van der Waals surface area contributed by atoms with Crippen molar-refractivity contribution in [2.75, 3.05) is 34.0 Å². The first-order valence-corrected chi connectivity index (χ1v) is 7.31. The molecule has 1 aromatic carbocycles. The summed E-state index contributed by atoms with van der Waals surface area (Å²) in [5.41, 5.74) is 1.14. The Morgan fingerprint density at radius 3 is 2.48 bits per heavy atom. The molecule has 0 saturated heterocycles. The first-order valence-electron chi connectivity index (χ1n) is 7.31. The number of nitrogens with one attached hydrogen (secondary N) is 1. The topological polar surface area (TPSA) is 39.7 Å². The number of rotatable bonds is 11. The molecule has 0 heterocycles. The number of benzene rings is 1. The van der Waals surface area contributed by atoms with Crippen molar-refractivity contribution in [3.05, 3.63) is 23.8 Å². The fourth-order valence-corrected chi connectivity index (χ4v) is 1.87. The number of halogens is 1. The van der Waals surface area contributed by atoms with Crippen molar-refractivity contribution >= 4 is 12.4 Å². The molecular formula is C16H28ClNO3. The van der Waals surface area contributed by atoms with Crippen molar-refractivity contribution in [2.45, 2.75) is 32.7 Å². The summed E-state index contributed by atoms with van der Waals surface area (Å²) in [5.74, 6) is 1.67. The van der Waals surface area contributed by atoms with Crippen LogP contribution in [-0.4, -0.2) is 34.0 Å². The Morgan fingerprint density at radius 2 is 1.81 bits per heavy atom. The number of hydrogen-bond donors (Lipinski definition) is 1. The average molecular weight is 318 g/mol. The molecule has 21 heavy (non-hydrogen) atoms. The van der Waals surface area contributed by atoms with Crippen molar-refractivity contribution < 1.29 is 14.2 Å². The van der Waals surface area contributed by atoms with Gasteiger partial charge in [0.05, 0.1) is 14.2 Å². The van der Waals surface area contributed by atoms with Gasteiger partial charge in [-0.25, -0.2) is 0 Å². The molecule has 0 atom stereocenters. The molecule has 1 aromatic rings. The highest BCUT2D eigenvalue weighted by atomic mass is 35.5. The van der Waals surface area contributed by atoms with Gasteiger partial charge in [-0.15, -0.1) is 12.4 Å². The maximum Gasteiger partial charge on any atom is 0.127 e. The van der Waals surface area contributed by atoms with E-state index in [0.717, 1.165) is 56.2 Å². The Balaban J connectivity index is 0.00000400. The molecule has 0 radical (unpaired) electrons. The monoisotopic (exact) mass is 317 g/mol. The normalized spacial score (nSPS) is 10.0. The van der Waals surface area contributed by atoms with Gasteiger partial charge in [0.25, 0.3) is 0 Å². The summed E-state index contributed by atoms with van der Waals surface area (Å²) >= 11 is 0. The van der Waals surface area contributed by atoms with Crippen molar-refractivity contribution in [1.82, 2.24) is 5.32 Å². The van der Waals surface area contributed by atoms with E-state index >= 15 is 0 Å². The fraction of sp³-hybridized carbons (Fsp3) is 0.625. The second kappa shape index (κ2) is 12.7. The highest BCUT2D eigenvalue weighted by Crippen LogP contribution is 2.24. The summed E-state index contributed by atoms with van der Waals surface area (Å²) < 4.78 is 16.1. The molecule has 122 valence electrons. The predicted molar refractivity (Wildman–Crippen MR) is 88.8 cm³/mol. The SMILES string of the molecule is CCCCOCCCNCc1ccc(OC)cc1OC.Cl. The van der Waals surface area contributed by atoms with Crippen LogP contribution in [0, 0.1) is 0 Å². The second-order valence-corrected chi connectivity index (χ2v) is 4.67.